The number of carbonyl (C=O) groups excluding carboxylic acids is 1. The maximum absolute atomic E-state index is 10.7. The zero-order valence-electron chi connectivity index (χ0n) is 5.13. The van der Waals surface area contributed by atoms with Crippen LogP contribution in [0.5, 0.6) is 0 Å². The molecule has 1 aliphatic heterocycles. The van der Waals surface area contributed by atoms with Crippen molar-refractivity contribution in [2.45, 2.75) is 18.9 Å². The van der Waals surface area contributed by atoms with E-state index in [1.807, 2.05) is 6.08 Å². The van der Waals surface area contributed by atoms with E-state index in [2.05, 4.69) is 11.4 Å². The normalized spacial score (nSPS) is 38.9. The summed E-state index contributed by atoms with van der Waals surface area (Å²) in [5, 5.41) is 2.85. The summed E-state index contributed by atoms with van der Waals surface area (Å²) in [5.41, 5.74) is 0. The first kappa shape index (κ1) is 5.03. The third kappa shape index (κ3) is 0.590. The van der Waals surface area contributed by atoms with Crippen molar-refractivity contribution in [3.8, 4) is 0 Å². The smallest absolute Gasteiger partial charge is 0.229 e. The second-order valence-corrected chi connectivity index (χ2v) is 2.65. The van der Waals surface area contributed by atoms with Crippen LogP contribution in [0.4, 0.5) is 0 Å². The first-order valence-corrected chi connectivity index (χ1v) is 3.35. The Morgan fingerprint density at radius 2 is 2.56 bits per heavy atom. The second-order valence-electron chi connectivity index (χ2n) is 2.65. The predicted molar refractivity (Wildman–Crippen MR) is 33.8 cm³/mol. The number of nitrogens with one attached hydrogen (secondary N) is 1. The Morgan fingerprint density at radius 1 is 1.67 bits per heavy atom. The molecule has 0 aromatic rings. The molecule has 0 unspecified atom stereocenters. The zero-order valence-corrected chi connectivity index (χ0v) is 5.13. The number of rotatable bonds is 0. The molecular formula is C7H9NO. The van der Waals surface area contributed by atoms with Gasteiger partial charge in [0.25, 0.3) is 0 Å². The summed E-state index contributed by atoms with van der Waals surface area (Å²) in [7, 11) is 0. The minimum Gasteiger partial charge on any atom is -0.352 e. The molecule has 2 nitrogen and oxygen atoms in total. The lowest BCUT2D eigenvalue weighted by molar-refractivity contribution is -0.132. The van der Waals surface area contributed by atoms with Crippen LogP contribution in [0.3, 0.4) is 0 Å². The molecule has 0 saturated carbocycles. The molecule has 0 aromatic heterocycles. The Balaban J connectivity index is 2.16. The molecule has 1 heterocycles. The van der Waals surface area contributed by atoms with Crippen LogP contribution < -0.4 is 5.32 Å². The van der Waals surface area contributed by atoms with Gasteiger partial charge in [0.1, 0.15) is 0 Å². The number of allylic oxidation sites excluding steroid dienone is 1. The molecule has 9 heavy (non-hydrogen) atoms. The molecule has 0 bridgehead atoms. The van der Waals surface area contributed by atoms with E-state index in [0.29, 0.717) is 6.04 Å². The highest BCUT2D eigenvalue weighted by atomic mass is 16.2. The summed E-state index contributed by atoms with van der Waals surface area (Å²) in [6.45, 7) is 0. The number of amides is 1. The molecular weight excluding hydrogens is 114 g/mol. The van der Waals surface area contributed by atoms with Crippen LogP contribution >= 0.6 is 0 Å². The third-order valence-corrected chi connectivity index (χ3v) is 2.05. The van der Waals surface area contributed by atoms with Gasteiger partial charge in [0.15, 0.2) is 0 Å². The van der Waals surface area contributed by atoms with Crippen LogP contribution in [0.15, 0.2) is 12.2 Å². The van der Waals surface area contributed by atoms with Gasteiger partial charge in [0.05, 0.1) is 5.92 Å². The highest BCUT2D eigenvalue weighted by Gasteiger charge is 2.37. The first-order valence-electron chi connectivity index (χ1n) is 3.35. The van der Waals surface area contributed by atoms with Crippen LogP contribution in [0.1, 0.15) is 12.8 Å². The molecule has 0 spiro atoms. The minimum atomic E-state index is 0.205. The van der Waals surface area contributed by atoms with Crippen LogP contribution in [0.25, 0.3) is 0 Å². The van der Waals surface area contributed by atoms with Crippen molar-refractivity contribution in [1.29, 1.82) is 0 Å². The molecule has 48 valence electrons. The Bertz CT molecular complexity index is 174. The average molecular weight is 123 g/mol. The van der Waals surface area contributed by atoms with Gasteiger partial charge in [-0.05, 0) is 12.8 Å². The summed E-state index contributed by atoms with van der Waals surface area (Å²) in [4.78, 5) is 10.7. The maximum Gasteiger partial charge on any atom is 0.229 e. The Kier molecular flexibility index (Phi) is 0.891. The average Bonchev–Trinajstić information content (AvgIpc) is 1.86. The molecule has 2 heteroatoms. The van der Waals surface area contributed by atoms with Gasteiger partial charge in [-0.3, -0.25) is 4.79 Å². The summed E-state index contributed by atoms with van der Waals surface area (Å²) < 4.78 is 0. The third-order valence-electron chi connectivity index (χ3n) is 2.05. The highest BCUT2D eigenvalue weighted by molar-refractivity contribution is 5.87. The van der Waals surface area contributed by atoms with Crippen molar-refractivity contribution < 1.29 is 4.79 Å². The molecule has 1 saturated heterocycles. The van der Waals surface area contributed by atoms with E-state index in [1.165, 1.54) is 0 Å². The fourth-order valence-corrected chi connectivity index (χ4v) is 1.45. The van der Waals surface area contributed by atoms with Gasteiger partial charge < -0.3 is 5.32 Å². The molecule has 1 fully saturated rings. The summed E-state index contributed by atoms with van der Waals surface area (Å²) in [6.07, 6.45) is 6.38. The topological polar surface area (TPSA) is 29.1 Å². The molecule has 2 rings (SSSR count). The Hall–Kier alpha value is -0.790. The number of hydrogen-bond acceptors (Lipinski definition) is 1. The fraction of sp³-hybridized carbons (Fsp3) is 0.571. The number of fused-ring (bicyclic) bond motifs is 1. The molecule has 2 aliphatic rings. The van der Waals surface area contributed by atoms with Crippen molar-refractivity contribution in [2.75, 3.05) is 0 Å². The highest BCUT2D eigenvalue weighted by Crippen LogP contribution is 2.24. The second kappa shape index (κ2) is 1.59. The molecule has 0 aromatic carbocycles. The number of β-lactam (4-membered cyclic amide) rings is 1. The summed E-state index contributed by atoms with van der Waals surface area (Å²) in [5.74, 6) is 0.426. The maximum atomic E-state index is 10.7. The van der Waals surface area contributed by atoms with Gasteiger partial charge in [0, 0.05) is 6.04 Å². The van der Waals surface area contributed by atoms with E-state index in [1.54, 1.807) is 0 Å². The molecule has 0 radical (unpaired) electrons. The largest absolute Gasteiger partial charge is 0.352 e. The predicted octanol–water partition coefficient (Wildman–Crippen LogP) is 0.451. The monoisotopic (exact) mass is 123 g/mol. The van der Waals surface area contributed by atoms with Crippen LogP contribution in [-0.4, -0.2) is 11.9 Å². The van der Waals surface area contributed by atoms with Crippen molar-refractivity contribution in [3.05, 3.63) is 12.2 Å². The van der Waals surface area contributed by atoms with Crippen LogP contribution in [-0.2, 0) is 4.79 Å². The van der Waals surface area contributed by atoms with E-state index < -0.39 is 0 Å². The lowest BCUT2D eigenvalue weighted by Crippen LogP contribution is -2.57. The van der Waals surface area contributed by atoms with E-state index in [0.717, 1.165) is 12.8 Å². The van der Waals surface area contributed by atoms with E-state index >= 15 is 0 Å². The summed E-state index contributed by atoms with van der Waals surface area (Å²) in [6, 6.07) is 0.475. The van der Waals surface area contributed by atoms with E-state index in [4.69, 9.17) is 0 Å². The standard InChI is InChI=1S/C7H9NO/c9-7-5-3-1-2-4-6(5)8-7/h1,3,5-6H,2,4H2,(H,8,9)/t5-,6+/m0/s1. The zero-order chi connectivity index (χ0) is 6.27. The molecule has 1 aliphatic carbocycles. The van der Waals surface area contributed by atoms with Crippen LogP contribution in [0.2, 0.25) is 0 Å². The fourth-order valence-electron chi connectivity index (χ4n) is 1.45. The Labute approximate surface area is 53.9 Å². The lowest BCUT2D eigenvalue weighted by atomic mass is 9.83. The first-order chi connectivity index (χ1) is 4.38. The van der Waals surface area contributed by atoms with Crippen LogP contribution in [0, 0.1) is 5.92 Å². The lowest BCUT2D eigenvalue weighted by Gasteiger charge is -2.36. The van der Waals surface area contributed by atoms with E-state index in [-0.39, 0.29) is 11.8 Å². The molecule has 1 N–H and O–H groups in total. The van der Waals surface area contributed by atoms with Crippen molar-refractivity contribution in [3.63, 3.8) is 0 Å². The van der Waals surface area contributed by atoms with E-state index in [9.17, 15) is 4.79 Å². The van der Waals surface area contributed by atoms with Crippen molar-refractivity contribution >= 4 is 5.91 Å². The van der Waals surface area contributed by atoms with Gasteiger partial charge in [-0.15, -0.1) is 0 Å². The van der Waals surface area contributed by atoms with Gasteiger partial charge in [-0.2, -0.15) is 0 Å². The minimum absolute atomic E-state index is 0.205. The number of carbonyl (C=O) groups is 1. The number of hydrogen-bond donors (Lipinski definition) is 1. The van der Waals surface area contributed by atoms with Gasteiger partial charge >= 0.3 is 0 Å². The summed E-state index contributed by atoms with van der Waals surface area (Å²) >= 11 is 0. The Morgan fingerprint density at radius 3 is 3.11 bits per heavy atom. The molecule has 1 amide bonds. The van der Waals surface area contributed by atoms with Crippen molar-refractivity contribution in [1.82, 2.24) is 5.32 Å². The quantitative estimate of drug-likeness (QED) is 0.368. The SMILES string of the molecule is O=C1N[C@@H]2CCC=C[C@H]12. The van der Waals surface area contributed by atoms with Gasteiger partial charge in [-0.1, -0.05) is 12.2 Å². The van der Waals surface area contributed by atoms with Crippen molar-refractivity contribution in [2.24, 2.45) is 5.92 Å². The van der Waals surface area contributed by atoms with Gasteiger partial charge in [-0.25, -0.2) is 0 Å². The molecule has 2 atom stereocenters. The van der Waals surface area contributed by atoms with Gasteiger partial charge in [0.2, 0.25) is 5.91 Å².